The molecule has 108 valence electrons. The predicted octanol–water partition coefficient (Wildman–Crippen LogP) is 2.74. The largest absolute Gasteiger partial charge is 0.367 e. The SMILES string of the molecule is Cc1nsc(NCc2nnc(C3CC3)n2C2CC2)c1C#N. The summed E-state index contributed by atoms with van der Waals surface area (Å²) >= 11 is 1.33. The predicted molar refractivity (Wildman–Crippen MR) is 79.2 cm³/mol. The van der Waals surface area contributed by atoms with Crippen molar-refractivity contribution >= 4 is 16.5 Å². The molecule has 2 aliphatic rings. The van der Waals surface area contributed by atoms with Gasteiger partial charge in [-0.3, -0.25) is 0 Å². The summed E-state index contributed by atoms with van der Waals surface area (Å²) in [5, 5.41) is 22.1. The molecular formula is C14H16N6S. The second kappa shape index (κ2) is 4.81. The first kappa shape index (κ1) is 12.8. The molecule has 2 fully saturated rings. The Labute approximate surface area is 127 Å². The third-order valence-corrected chi connectivity index (χ3v) is 4.93. The molecule has 0 radical (unpaired) electrons. The Balaban J connectivity index is 1.56. The summed E-state index contributed by atoms with van der Waals surface area (Å²) in [5.41, 5.74) is 1.42. The van der Waals surface area contributed by atoms with Crippen molar-refractivity contribution in [3.05, 3.63) is 22.9 Å². The molecule has 0 spiro atoms. The van der Waals surface area contributed by atoms with E-state index in [1.165, 1.54) is 37.2 Å². The normalized spacial score (nSPS) is 17.7. The molecule has 0 unspecified atom stereocenters. The molecular weight excluding hydrogens is 284 g/mol. The van der Waals surface area contributed by atoms with Crippen LogP contribution in [0, 0.1) is 18.3 Å². The standard InChI is InChI=1S/C14H16N6S/c1-8-11(6-15)14(21-19-8)16-7-12-17-18-13(9-2-3-9)20(12)10-4-5-10/h9-10,16H,2-5,7H2,1H3. The average molecular weight is 300 g/mol. The highest BCUT2D eigenvalue weighted by Crippen LogP contribution is 2.44. The summed E-state index contributed by atoms with van der Waals surface area (Å²) < 4.78 is 6.55. The van der Waals surface area contributed by atoms with Gasteiger partial charge in [0.2, 0.25) is 0 Å². The molecule has 21 heavy (non-hydrogen) atoms. The number of nitriles is 1. The zero-order valence-corrected chi connectivity index (χ0v) is 12.7. The van der Waals surface area contributed by atoms with Gasteiger partial charge in [-0.2, -0.15) is 9.64 Å². The van der Waals surface area contributed by atoms with E-state index in [1.807, 2.05) is 6.92 Å². The van der Waals surface area contributed by atoms with Gasteiger partial charge in [0.1, 0.15) is 22.5 Å². The first-order valence-electron chi connectivity index (χ1n) is 7.32. The second-order valence-electron chi connectivity index (χ2n) is 5.79. The molecule has 4 rings (SSSR count). The van der Waals surface area contributed by atoms with Gasteiger partial charge in [-0.25, -0.2) is 0 Å². The van der Waals surface area contributed by atoms with E-state index in [0.717, 1.165) is 22.3 Å². The molecule has 6 nitrogen and oxygen atoms in total. The topological polar surface area (TPSA) is 79.4 Å². The van der Waals surface area contributed by atoms with E-state index in [0.29, 0.717) is 24.1 Å². The van der Waals surface area contributed by atoms with E-state index in [4.69, 9.17) is 5.26 Å². The first-order valence-corrected chi connectivity index (χ1v) is 8.09. The van der Waals surface area contributed by atoms with E-state index in [1.54, 1.807) is 0 Å². The van der Waals surface area contributed by atoms with Crippen molar-refractivity contribution in [1.82, 2.24) is 19.1 Å². The fourth-order valence-corrected chi connectivity index (χ4v) is 3.33. The van der Waals surface area contributed by atoms with Gasteiger partial charge in [-0.05, 0) is 44.1 Å². The van der Waals surface area contributed by atoms with Crippen molar-refractivity contribution < 1.29 is 0 Å². The summed E-state index contributed by atoms with van der Waals surface area (Å²) in [7, 11) is 0. The molecule has 0 atom stereocenters. The maximum atomic E-state index is 9.17. The quantitative estimate of drug-likeness (QED) is 0.918. The molecule has 2 aromatic rings. The third kappa shape index (κ3) is 2.29. The van der Waals surface area contributed by atoms with Crippen molar-refractivity contribution in [1.29, 1.82) is 5.26 Å². The minimum Gasteiger partial charge on any atom is -0.367 e. The minimum atomic E-state index is 0.589. The number of anilines is 1. The maximum absolute atomic E-state index is 9.17. The van der Waals surface area contributed by atoms with Gasteiger partial charge in [0.05, 0.1) is 12.2 Å². The lowest BCUT2D eigenvalue weighted by Crippen LogP contribution is -2.09. The van der Waals surface area contributed by atoms with Crippen molar-refractivity contribution in [2.75, 3.05) is 5.32 Å². The van der Waals surface area contributed by atoms with Crippen LogP contribution in [0.2, 0.25) is 0 Å². The van der Waals surface area contributed by atoms with Crippen LogP contribution < -0.4 is 5.32 Å². The summed E-state index contributed by atoms with van der Waals surface area (Å²) in [6, 6.07) is 2.79. The fraction of sp³-hybridized carbons (Fsp3) is 0.571. The van der Waals surface area contributed by atoms with Gasteiger partial charge < -0.3 is 9.88 Å². The van der Waals surface area contributed by atoms with E-state index in [-0.39, 0.29) is 0 Å². The van der Waals surface area contributed by atoms with Crippen LogP contribution >= 0.6 is 11.5 Å². The van der Waals surface area contributed by atoms with E-state index in [2.05, 4.69) is 30.5 Å². The van der Waals surface area contributed by atoms with Crippen molar-refractivity contribution in [3.63, 3.8) is 0 Å². The molecule has 0 bridgehead atoms. The van der Waals surface area contributed by atoms with Gasteiger partial charge in [-0.15, -0.1) is 10.2 Å². The van der Waals surface area contributed by atoms with E-state index >= 15 is 0 Å². The van der Waals surface area contributed by atoms with Crippen LogP contribution in [-0.4, -0.2) is 19.1 Å². The molecule has 0 amide bonds. The Morgan fingerprint density at radius 3 is 2.81 bits per heavy atom. The smallest absolute Gasteiger partial charge is 0.152 e. The number of hydrogen-bond acceptors (Lipinski definition) is 6. The Hall–Kier alpha value is -1.94. The molecule has 2 saturated carbocycles. The van der Waals surface area contributed by atoms with Crippen LogP contribution in [0.25, 0.3) is 0 Å². The minimum absolute atomic E-state index is 0.589. The number of aryl methyl sites for hydroxylation is 1. The molecule has 2 heterocycles. The van der Waals surface area contributed by atoms with Crippen LogP contribution in [0.1, 0.15) is 60.5 Å². The van der Waals surface area contributed by atoms with Gasteiger partial charge in [-0.1, -0.05) is 0 Å². The Morgan fingerprint density at radius 2 is 2.14 bits per heavy atom. The molecule has 2 aromatic heterocycles. The molecule has 7 heteroatoms. The summed E-state index contributed by atoms with van der Waals surface area (Å²) in [6.45, 7) is 2.46. The van der Waals surface area contributed by atoms with Gasteiger partial charge in [0.15, 0.2) is 5.82 Å². The molecule has 0 saturated heterocycles. The van der Waals surface area contributed by atoms with Crippen LogP contribution in [0.5, 0.6) is 0 Å². The van der Waals surface area contributed by atoms with Crippen LogP contribution in [0.4, 0.5) is 5.00 Å². The van der Waals surface area contributed by atoms with Crippen LogP contribution in [0.3, 0.4) is 0 Å². The lowest BCUT2D eigenvalue weighted by molar-refractivity contribution is 0.650. The lowest BCUT2D eigenvalue weighted by Gasteiger charge is -2.09. The monoisotopic (exact) mass is 300 g/mol. The fourth-order valence-electron chi connectivity index (χ4n) is 2.59. The summed E-state index contributed by atoms with van der Waals surface area (Å²) in [6.07, 6.45) is 4.94. The highest BCUT2D eigenvalue weighted by atomic mass is 32.1. The summed E-state index contributed by atoms with van der Waals surface area (Å²) in [4.78, 5) is 0. The Kier molecular flexibility index (Phi) is 2.93. The Bertz CT molecular complexity index is 716. The first-order chi connectivity index (χ1) is 10.3. The lowest BCUT2D eigenvalue weighted by atomic mass is 10.3. The average Bonchev–Trinajstić information content (AvgIpc) is 3.41. The van der Waals surface area contributed by atoms with Crippen molar-refractivity contribution in [2.24, 2.45) is 0 Å². The van der Waals surface area contributed by atoms with Gasteiger partial charge >= 0.3 is 0 Å². The number of hydrogen-bond donors (Lipinski definition) is 1. The number of nitrogens with one attached hydrogen (secondary N) is 1. The molecule has 0 aliphatic heterocycles. The molecule has 1 N–H and O–H groups in total. The second-order valence-corrected chi connectivity index (χ2v) is 6.56. The number of nitrogens with zero attached hydrogens (tertiary/aromatic N) is 5. The highest BCUT2D eigenvalue weighted by Gasteiger charge is 2.36. The van der Waals surface area contributed by atoms with Gasteiger partial charge in [0, 0.05) is 12.0 Å². The van der Waals surface area contributed by atoms with E-state index < -0.39 is 0 Å². The van der Waals surface area contributed by atoms with E-state index in [9.17, 15) is 0 Å². The van der Waals surface area contributed by atoms with Gasteiger partial charge in [0.25, 0.3) is 0 Å². The maximum Gasteiger partial charge on any atom is 0.152 e. The van der Waals surface area contributed by atoms with Crippen molar-refractivity contribution in [2.45, 2.75) is 51.1 Å². The van der Waals surface area contributed by atoms with Crippen LogP contribution in [-0.2, 0) is 6.54 Å². The molecule has 0 aromatic carbocycles. The Morgan fingerprint density at radius 1 is 1.33 bits per heavy atom. The van der Waals surface area contributed by atoms with Crippen molar-refractivity contribution in [3.8, 4) is 6.07 Å². The summed E-state index contributed by atoms with van der Waals surface area (Å²) in [5.74, 6) is 2.76. The highest BCUT2D eigenvalue weighted by molar-refractivity contribution is 7.10. The number of rotatable bonds is 5. The third-order valence-electron chi connectivity index (χ3n) is 4.03. The zero-order chi connectivity index (χ0) is 14.4. The number of aromatic nitrogens is 4. The molecule has 2 aliphatic carbocycles. The zero-order valence-electron chi connectivity index (χ0n) is 11.8. The van der Waals surface area contributed by atoms with Crippen LogP contribution in [0.15, 0.2) is 0 Å².